The first kappa shape index (κ1) is 18.3. The molecule has 3 rings (SSSR count). The number of imide groups is 1. The lowest BCUT2D eigenvalue weighted by Gasteiger charge is -2.23. The van der Waals surface area contributed by atoms with E-state index in [9.17, 15) is 14.4 Å². The average molecular weight is 366 g/mol. The second kappa shape index (κ2) is 7.79. The van der Waals surface area contributed by atoms with Crippen LogP contribution in [0.4, 0.5) is 4.79 Å². The largest absolute Gasteiger partial charge is 0.351 e. The number of urea groups is 1. The zero-order chi connectivity index (χ0) is 19.4. The summed E-state index contributed by atoms with van der Waals surface area (Å²) in [6.07, 6.45) is 0. The predicted molar refractivity (Wildman–Crippen MR) is 99.9 cm³/mol. The van der Waals surface area contributed by atoms with Crippen LogP contribution in [0.15, 0.2) is 59.4 Å². The molecule has 0 aliphatic carbocycles. The monoisotopic (exact) mass is 366 g/mol. The number of hydrogen-bond donors (Lipinski definition) is 4. The van der Waals surface area contributed by atoms with Crippen LogP contribution >= 0.6 is 0 Å². The van der Waals surface area contributed by atoms with Crippen molar-refractivity contribution in [2.75, 3.05) is 7.05 Å². The summed E-state index contributed by atoms with van der Waals surface area (Å²) in [6.45, 7) is 0.270. The van der Waals surface area contributed by atoms with Crippen molar-refractivity contribution in [3.05, 3.63) is 76.3 Å². The molecule has 3 amide bonds. The smallest absolute Gasteiger partial charge is 0.319 e. The Kier molecular flexibility index (Phi) is 5.28. The topological polar surface area (TPSA) is 122 Å². The van der Waals surface area contributed by atoms with Crippen molar-refractivity contribution in [3.63, 3.8) is 0 Å². The van der Waals surface area contributed by atoms with Crippen LogP contribution in [0.1, 0.15) is 17.4 Å². The van der Waals surface area contributed by atoms with E-state index in [-0.39, 0.29) is 12.1 Å². The number of amides is 3. The van der Waals surface area contributed by atoms with Gasteiger partial charge in [0.25, 0.3) is 11.5 Å². The number of aromatic nitrogens is 2. The molecule has 8 nitrogen and oxygen atoms in total. The quantitative estimate of drug-likeness (QED) is 0.502. The Labute approximate surface area is 155 Å². The number of nitrogens with zero attached hydrogens (tertiary/aromatic N) is 1. The average Bonchev–Trinajstić information content (AvgIpc) is 2.62. The van der Waals surface area contributed by atoms with Crippen LogP contribution in [-0.4, -0.2) is 29.0 Å². The standard InChI is InChI=1S/C19H19N5O3/c1-24(11-15-21-14-10-6-5-9-13(14)17(25)22-15)16(18(26)23-19(20)27)12-7-3-2-4-8-12/h2-10,16H,11H2,1H3,(H,21,22,25)(H3,20,23,26,27)/p+1/t16-/m1/s1. The van der Waals surface area contributed by atoms with Crippen LogP contribution < -0.4 is 21.5 Å². The Morgan fingerprint density at radius 2 is 1.81 bits per heavy atom. The van der Waals surface area contributed by atoms with Gasteiger partial charge in [0, 0.05) is 5.56 Å². The summed E-state index contributed by atoms with van der Waals surface area (Å²) in [4.78, 5) is 43.9. The number of likely N-dealkylation sites (N-methyl/N-ethyl adjacent to an activating group) is 1. The maximum Gasteiger partial charge on any atom is 0.319 e. The van der Waals surface area contributed by atoms with Gasteiger partial charge in [0.15, 0.2) is 11.9 Å². The number of carbonyl (C=O) groups excluding carboxylic acids is 2. The Morgan fingerprint density at radius 3 is 2.52 bits per heavy atom. The molecule has 8 heteroatoms. The molecule has 0 bridgehead atoms. The van der Waals surface area contributed by atoms with Gasteiger partial charge in [0.05, 0.1) is 18.0 Å². The third kappa shape index (κ3) is 4.18. The van der Waals surface area contributed by atoms with E-state index in [1.165, 1.54) is 0 Å². The van der Waals surface area contributed by atoms with Crippen LogP contribution in [0.5, 0.6) is 0 Å². The van der Waals surface area contributed by atoms with Crippen LogP contribution in [0.2, 0.25) is 0 Å². The molecule has 138 valence electrons. The number of aromatic amines is 1. The summed E-state index contributed by atoms with van der Waals surface area (Å²) in [5.74, 6) is -0.0710. The maximum atomic E-state index is 12.5. The van der Waals surface area contributed by atoms with Crippen LogP contribution in [0.3, 0.4) is 0 Å². The van der Waals surface area contributed by atoms with Crippen LogP contribution in [-0.2, 0) is 11.3 Å². The molecule has 0 saturated carbocycles. The van der Waals surface area contributed by atoms with Crippen molar-refractivity contribution in [2.24, 2.45) is 5.73 Å². The Morgan fingerprint density at radius 1 is 1.15 bits per heavy atom. The molecule has 0 saturated heterocycles. The number of benzene rings is 2. The molecule has 0 spiro atoms. The third-order valence-corrected chi connectivity index (χ3v) is 4.24. The minimum atomic E-state index is -0.911. The molecule has 27 heavy (non-hydrogen) atoms. The van der Waals surface area contributed by atoms with Gasteiger partial charge in [-0.1, -0.05) is 42.5 Å². The fourth-order valence-corrected chi connectivity index (χ4v) is 3.08. The number of rotatable bonds is 5. The first-order valence-electron chi connectivity index (χ1n) is 8.41. The van der Waals surface area contributed by atoms with Crippen molar-refractivity contribution in [2.45, 2.75) is 12.6 Å². The first-order valence-corrected chi connectivity index (χ1v) is 8.41. The number of nitrogens with one attached hydrogen (secondary N) is 3. The maximum absolute atomic E-state index is 12.5. The molecule has 0 radical (unpaired) electrons. The Bertz CT molecular complexity index is 1030. The highest BCUT2D eigenvalue weighted by Crippen LogP contribution is 2.10. The SMILES string of the molecule is C[NH+](Cc1nc2ccccc2c(=O)[nH]1)[C@@H](C(=O)NC(N)=O)c1ccccc1. The molecule has 1 aromatic heterocycles. The first-order chi connectivity index (χ1) is 13.0. The summed E-state index contributed by atoms with van der Waals surface area (Å²) in [5.41, 5.74) is 6.17. The van der Waals surface area contributed by atoms with Gasteiger partial charge in [-0.25, -0.2) is 9.78 Å². The molecule has 0 aliphatic heterocycles. The van der Waals surface area contributed by atoms with E-state index >= 15 is 0 Å². The highest BCUT2D eigenvalue weighted by atomic mass is 16.2. The number of H-pyrrole nitrogens is 1. The number of quaternary nitrogens is 1. The predicted octanol–water partition coefficient (Wildman–Crippen LogP) is -0.126. The fourth-order valence-electron chi connectivity index (χ4n) is 3.08. The van der Waals surface area contributed by atoms with E-state index in [4.69, 9.17) is 5.73 Å². The summed E-state index contributed by atoms with van der Waals surface area (Å²) < 4.78 is 0. The van der Waals surface area contributed by atoms with Gasteiger partial charge in [-0.3, -0.25) is 14.9 Å². The Hall–Kier alpha value is -3.52. The van der Waals surface area contributed by atoms with E-state index in [1.54, 1.807) is 37.4 Å². The summed E-state index contributed by atoms with van der Waals surface area (Å²) in [7, 11) is 1.79. The highest BCUT2D eigenvalue weighted by Gasteiger charge is 2.30. The minimum absolute atomic E-state index is 0.235. The highest BCUT2D eigenvalue weighted by molar-refractivity contribution is 5.96. The third-order valence-electron chi connectivity index (χ3n) is 4.24. The molecule has 2 atom stereocenters. The molecule has 0 aliphatic rings. The molecule has 1 heterocycles. The zero-order valence-electron chi connectivity index (χ0n) is 14.7. The van der Waals surface area contributed by atoms with Gasteiger partial charge in [-0.05, 0) is 12.1 Å². The van der Waals surface area contributed by atoms with Crippen molar-refractivity contribution in [1.82, 2.24) is 15.3 Å². The normalized spacial score (nSPS) is 13.1. The van der Waals surface area contributed by atoms with Gasteiger partial charge >= 0.3 is 6.03 Å². The second-order valence-electron chi connectivity index (χ2n) is 6.25. The molecule has 0 fully saturated rings. The zero-order valence-corrected chi connectivity index (χ0v) is 14.7. The van der Waals surface area contributed by atoms with E-state index < -0.39 is 18.0 Å². The van der Waals surface area contributed by atoms with Gasteiger partial charge in [0.1, 0.15) is 6.54 Å². The molecule has 2 aromatic carbocycles. The van der Waals surface area contributed by atoms with Gasteiger partial charge in [-0.2, -0.15) is 0 Å². The van der Waals surface area contributed by atoms with E-state index in [0.29, 0.717) is 16.7 Å². The molecule has 1 unspecified atom stereocenters. The molecule has 5 N–H and O–H groups in total. The van der Waals surface area contributed by atoms with Crippen molar-refractivity contribution in [1.29, 1.82) is 0 Å². The fraction of sp³-hybridized carbons (Fsp3) is 0.158. The molecular weight excluding hydrogens is 346 g/mol. The number of fused-ring (bicyclic) bond motifs is 1. The number of hydrogen-bond acceptors (Lipinski definition) is 4. The number of nitrogens with two attached hydrogens (primary N) is 1. The molecular formula is C19H20N5O3+. The lowest BCUT2D eigenvalue weighted by molar-refractivity contribution is -0.916. The number of carbonyl (C=O) groups is 2. The summed E-state index contributed by atoms with van der Waals surface area (Å²) >= 11 is 0. The van der Waals surface area contributed by atoms with Crippen molar-refractivity contribution in [3.8, 4) is 0 Å². The van der Waals surface area contributed by atoms with Crippen LogP contribution in [0.25, 0.3) is 10.9 Å². The van der Waals surface area contributed by atoms with E-state index in [0.717, 1.165) is 10.5 Å². The summed E-state index contributed by atoms with van der Waals surface area (Å²) in [5, 5.41) is 2.64. The van der Waals surface area contributed by atoms with Crippen molar-refractivity contribution >= 4 is 22.8 Å². The van der Waals surface area contributed by atoms with Gasteiger partial charge in [0.2, 0.25) is 0 Å². The number of primary amides is 1. The lowest BCUT2D eigenvalue weighted by Crippen LogP contribution is -3.09. The van der Waals surface area contributed by atoms with Crippen LogP contribution in [0, 0.1) is 0 Å². The van der Waals surface area contributed by atoms with Crippen molar-refractivity contribution < 1.29 is 14.5 Å². The number of para-hydroxylation sites is 1. The lowest BCUT2D eigenvalue weighted by atomic mass is 10.0. The van der Waals surface area contributed by atoms with Gasteiger partial charge < -0.3 is 15.6 Å². The van der Waals surface area contributed by atoms with E-state index in [2.05, 4.69) is 15.3 Å². The second-order valence-corrected chi connectivity index (χ2v) is 6.25. The van der Waals surface area contributed by atoms with Gasteiger partial charge in [-0.15, -0.1) is 0 Å². The Balaban J connectivity index is 1.92. The minimum Gasteiger partial charge on any atom is -0.351 e. The molecule has 3 aromatic rings. The van der Waals surface area contributed by atoms with E-state index in [1.807, 2.05) is 24.3 Å². The summed E-state index contributed by atoms with van der Waals surface area (Å²) in [6, 6.07) is 14.5.